The van der Waals surface area contributed by atoms with E-state index in [2.05, 4.69) is 37.7 Å². The number of aromatic nitrogens is 7. The third-order valence-corrected chi connectivity index (χ3v) is 12.5. The smallest absolute Gasteiger partial charge is 0.329 e. The summed E-state index contributed by atoms with van der Waals surface area (Å²) in [5.41, 5.74) is 2.37. The Balaban J connectivity index is 0.768. The summed E-state index contributed by atoms with van der Waals surface area (Å²) in [6.07, 6.45) is 11.6. The molecule has 18 heteroatoms. The van der Waals surface area contributed by atoms with Gasteiger partial charge in [-0.25, -0.2) is 23.1 Å². The number of amides is 3. The Hall–Kier alpha value is -5.49. The average Bonchev–Trinajstić information content (AvgIpc) is 3.95. The number of benzene rings is 1. The standard InChI is InChI=1S/C43H55F2N11O5/c1-51(19-8-24-61-23-7-10-29-9-6-11-33-38(29)52(2)43(60)56(33)34-16-17-36(57)49-42(34)59)26-28-12-14-30(15-13-28)55-27-32(37(50-55)39(44)45)47-41(58)31-25-46-54-22-18-35(48-40(31)54)53-20-4-3-5-21-53/h6,9,11,18,22,25,27-28,30,34,39H,3-5,7-8,10,12-17,19-21,23-24,26H2,1-2H3,(H,47,58)(H,49,57,59). The predicted octanol–water partition coefficient (Wildman–Crippen LogP) is 5.44. The minimum Gasteiger partial charge on any atom is -0.381 e. The van der Waals surface area contributed by atoms with E-state index in [9.17, 15) is 28.0 Å². The molecule has 1 unspecified atom stereocenters. The van der Waals surface area contributed by atoms with Crippen molar-refractivity contribution in [3.8, 4) is 0 Å². The first kappa shape index (κ1) is 42.2. The van der Waals surface area contributed by atoms with Crippen molar-refractivity contribution in [2.24, 2.45) is 13.0 Å². The molecule has 3 fully saturated rings. The van der Waals surface area contributed by atoms with Gasteiger partial charge in [0.15, 0.2) is 11.3 Å². The van der Waals surface area contributed by atoms with E-state index in [1.807, 2.05) is 24.3 Å². The Kier molecular flexibility index (Phi) is 12.9. The average molecular weight is 844 g/mol. The number of anilines is 2. The highest BCUT2D eigenvalue weighted by atomic mass is 19.3. The summed E-state index contributed by atoms with van der Waals surface area (Å²) in [7, 11) is 3.83. The maximum atomic E-state index is 14.2. The largest absolute Gasteiger partial charge is 0.381 e. The Morgan fingerprint density at radius 3 is 2.59 bits per heavy atom. The number of nitrogens with one attached hydrogen (secondary N) is 2. The quantitative estimate of drug-likeness (QED) is 0.0966. The molecule has 1 aromatic carbocycles. The van der Waals surface area contributed by atoms with Crippen LogP contribution >= 0.6 is 0 Å². The summed E-state index contributed by atoms with van der Waals surface area (Å²) in [6, 6.07) is 6.87. The fourth-order valence-corrected chi connectivity index (χ4v) is 9.34. The number of nitrogens with zero attached hydrogens (tertiary/aromatic N) is 9. The van der Waals surface area contributed by atoms with Gasteiger partial charge < -0.3 is 19.9 Å². The van der Waals surface area contributed by atoms with Crippen LogP contribution in [0.1, 0.15) is 111 Å². The number of carbonyl (C=O) groups is 3. The Bertz CT molecular complexity index is 2430. The number of ether oxygens (including phenoxy) is 1. The second-order valence-corrected chi connectivity index (χ2v) is 16.8. The molecule has 326 valence electrons. The fraction of sp³-hybridized carbons (Fsp3) is 0.558. The van der Waals surface area contributed by atoms with Gasteiger partial charge in [0, 0.05) is 65.3 Å². The van der Waals surface area contributed by atoms with Gasteiger partial charge in [-0.15, -0.1) is 0 Å². The van der Waals surface area contributed by atoms with Crippen LogP contribution in [0, 0.1) is 5.92 Å². The van der Waals surface area contributed by atoms with E-state index in [0.717, 1.165) is 94.4 Å². The summed E-state index contributed by atoms with van der Waals surface area (Å²) in [5.74, 6) is -0.0651. The third kappa shape index (κ3) is 9.24. The molecule has 1 aliphatic carbocycles. The first-order valence-corrected chi connectivity index (χ1v) is 21.6. The summed E-state index contributed by atoms with van der Waals surface area (Å²) < 4.78 is 40.7. The van der Waals surface area contributed by atoms with Gasteiger partial charge in [-0.3, -0.25) is 33.5 Å². The molecular weight excluding hydrogens is 789 g/mol. The molecule has 0 radical (unpaired) electrons. The van der Waals surface area contributed by atoms with Crippen LogP contribution in [0.3, 0.4) is 0 Å². The number of alkyl halides is 2. The van der Waals surface area contributed by atoms with E-state index in [0.29, 0.717) is 43.1 Å². The summed E-state index contributed by atoms with van der Waals surface area (Å²) >= 11 is 0. The summed E-state index contributed by atoms with van der Waals surface area (Å²) in [5, 5.41) is 13.6. The second kappa shape index (κ2) is 18.6. The number of hydrogen-bond donors (Lipinski definition) is 2. The van der Waals surface area contributed by atoms with Gasteiger partial charge in [0.1, 0.15) is 17.4 Å². The highest BCUT2D eigenvalue weighted by Crippen LogP contribution is 2.35. The molecule has 1 saturated carbocycles. The molecule has 5 aromatic rings. The van der Waals surface area contributed by atoms with Crippen LogP contribution in [-0.2, 0) is 27.8 Å². The zero-order valence-corrected chi connectivity index (χ0v) is 34.9. The number of rotatable bonds is 16. The van der Waals surface area contributed by atoms with Gasteiger partial charge in [0.05, 0.1) is 29.0 Å². The molecular formula is C43H55F2N11O5. The Morgan fingerprint density at radius 1 is 1.03 bits per heavy atom. The lowest BCUT2D eigenvalue weighted by atomic mass is 9.86. The molecule has 4 aromatic heterocycles. The van der Waals surface area contributed by atoms with Gasteiger partial charge in [-0.1, -0.05) is 12.1 Å². The van der Waals surface area contributed by atoms with Crippen molar-refractivity contribution in [2.75, 3.05) is 56.7 Å². The van der Waals surface area contributed by atoms with Crippen LogP contribution in [0.15, 0.2) is 47.7 Å². The number of aryl methyl sites for hydroxylation is 2. The minimum absolute atomic E-state index is 0.00153. The first-order chi connectivity index (χ1) is 29.5. The van der Waals surface area contributed by atoms with Crippen molar-refractivity contribution in [1.29, 1.82) is 0 Å². The van der Waals surface area contributed by atoms with Crippen molar-refractivity contribution in [3.05, 3.63) is 70.2 Å². The number of fused-ring (bicyclic) bond motifs is 2. The number of imide groups is 1. The molecule has 3 aliphatic rings. The molecule has 16 nitrogen and oxygen atoms in total. The Labute approximate surface area is 352 Å². The number of halogens is 2. The number of carbonyl (C=O) groups excluding carboxylic acids is 3. The molecule has 2 saturated heterocycles. The Morgan fingerprint density at radius 2 is 1.82 bits per heavy atom. The maximum Gasteiger partial charge on any atom is 0.329 e. The van der Waals surface area contributed by atoms with Gasteiger partial charge in [0.25, 0.3) is 12.3 Å². The van der Waals surface area contributed by atoms with Crippen LogP contribution in [0.25, 0.3) is 16.7 Å². The SMILES string of the molecule is CN(CCCOCCCc1cccc2c1n(C)c(=O)n2C1CCC(=O)NC1=O)CC1CCC(n2cc(NC(=O)c3cnn4ccc(N5CCCCC5)nc34)c(C(F)F)n2)CC1. The third-order valence-electron chi connectivity index (χ3n) is 12.5. The lowest BCUT2D eigenvalue weighted by molar-refractivity contribution is -0.135. The molecule has 61 heavy (non-hydrogen) atoms. The second-order valence-electron chi connectivity index (χ2n) is 16.8. The van der Waals surface area contributed by atoms with Gasteiger partial charge in [0.2, 0.25) is 11.8 Å². The van der Waals surface area contributed by atoms with Crippen LogP contribution in [0.4, 0.5) is 20.3 Å². The number of piperidine rings is 2. The van der Waals surface area contributed by atoms with Gasteiger partial charge >= 0.3 is 5.69 Å². The van der Waals surface area contributed by atoms with Crippen LogP contribution in [0.5, 0.6) is 0 Å². The summed E-state index contributed by atoms with van der Waals surface area (Å²) in [6.45, 7) is 4.82. The molecule has 2 aliphatic heterocycles. The zero-order valence-electron chi connectivity index (χ0n) is 34.9. The van der Waals surface area contributed by atoms with Crippen LogP contribution in [0.2, 0.25) is 0 Å². The van der Waals surface area contributed by atoms with Gasteiger partial charge in [-0.2, -0.15) is 10.2 Å². The lowest BCUT2D eigenvalue weighted by Gasteiger charge is -2.31. The van der Waals surface area contributed by atoms with Crippen molar-refractivity contribution in [1.82, 2.24) is 43.7 Å². The van der Waals surface area contributed by atoms with Crippen LogP contribution in [-0.4, -0.2) is 103 Å². The van der Waals surface area contributed by atoms with E-state index < -0.39 is 30.0 Å². The van der Waals surface area contributed by atoms with Crippen molar-refractivity contribution in [3.63, 3.8) is 0 Å². The highest BCUT2D eigenvalue weighted by Gasteiger charge is 2.32. The van der Waals surface area contributed by atoms with Crippen molar-refractivity contribution >= 4 is 45.9 Å². The predicted molar refractivity (Wildman–Crippen MR) is 225 cm³/mol. The molecule has 8 rings (SSSR count). The van der Waals surface area contributed by atoms with E-state index in [-0.39, 0.29) is 35.3 Å². The number of hydrogen-bond acceptors (Lipinski definition) is 10. The van der Waals surface area contributed by atoms with Crippen molar-refractivity contribution in [2.45, 2.75) is 95.6 Å². The van der Waals surface area contributed by atoms with Crippen LogP contribution < -0.4 is 21.2 Å². The number of para-hydroxylation sites is 1. The molecule has 2 N–H and O–H groups in total. The van der Waals surface area contributed by atoms with Crippen molar-refractivity contribution < 1.29 is 27.9 Å². The highest BCUT2D eigenvalue weighted by molar-refractivity contribution is 6.08. The van der Waals surface area contributed by atoms with E-state index in [1.54, 1.807) is 22.5 Å². The zero-order chi connectivity index (χ0) is 42.6. The van der Waals surface area contributed by atoms with E-state index in [4.69, 9.17) is 9.72 Å². The molecule has 0 bridgehead atoms. The molecule has 1 atom stereocenters. The molecule has 0 spiro atoms. The molecule has 3 amide bonds. The summed E-state index contributed by atoms with van der Waals surface area (Å²) in [4.78, 5) is 60.2. The maximum absolute atomic E-state index is 14.2. The van der Waals surface area contributed by atoms with E-state index in [1.165, 1.54) is 27.9 Å². The fourth-order valence-electron chi connectivity index (χ4n) is 9.34. The monoisotopic (exact) mass is 843 g/mol. The normalized spacial score (nSPS) is 20.0. The van der Waals surface area contributed by atoms with Gasteiger partial charge in [-0.05, 0) is 101 Å². The van der Waals surface area contributed by atoms with E-state index >= 15 is 0 Å². The first-order valence-electron chi connectivity index (χ1n) is 21.6. The number of imidazole rings is 1. The molecule has 6 heterocycles. The lowest BCUT2D eigenvalue weighted by Crippen LogP contribution is -2.44. The topological polar surface area (TPSA) is 166 Å². The minimum atomic E-state index is -2.85.